The molecule has 3 unspecified atom stereocenters. The molecule has 5 aliphatic rings. The molecule has 0 aromatic rings. The monoisotopic (exact) mass is 361 g/mol. The molecule has 0 radical (unpaired) electrons. The number of hydrogen-bond acceptors (Lipinski definition) is 4. The fraction of sp³-hybridized carbons (Fsp3) is 0.762. The first-order chi connectivity index (χ1) is 13.3. The van der Waals surface area contributed by atoms with Crippen molar-refractivity contribution in [3.05, 3.63) is 21.8 Å². The second-order valence-corrected chi connectivity index (χ2v) is 9.84. The van der Waals surface area contributed by atoms with Gasteiger partial charge in [-0.05, 0) is 67.3 Å². The summed E-state index contributed by atoms with van der Waals surface area (Å²) in [6, 6.07) is 0.368. The third kappa shape index (κ3) is 2.63. The van der Waals surface area contributed by atoms with Gasteiger partial charge in [-0.2, -0.15) is 0 Å². The minimum atomic E-state index is -2.08. The van der Waals surface area contributed by atoms with Crippen molar-refractivity contribution in [2.75, 3.05) is 6.54 Å². The van der Waals surface area contributed by atoms with E-state index in [0.717, 1.165) is 38.0 Å². The summed E-state index contributed by atoms with van der Waals surface area (Å²) in [6.45, 7) is 3.60. The van der Waals surface area contributed by atoms with Gasteiger partial charge in [-0.3, -0.25) is 4.99 Å². The number of fused-ring (bicyclic) bond motifs is 3. The Hall–Kier alpha value is -0.740. The van der Waals surface area contributed by atoms with Gasteiger partial charge in [0.25, 0.3) is 0 Å². The van der Waals surface area contributed by atoms with E-state index >= 15 is 0 Å². The smallest absolute Gasteiger partial charge is 0.192 e. The second kappa shape index (κ2) is 6.16. The van der Waals surface area contributed by atoms with Crippen molar-refractivity contribution in [3.8, 4) is 0 Å². The van der Waals surface area contributed by atoms with E-state index in [1.165, 1.54) is 12.0 Å². The molecule has 1 fully saturated rings. The van der Waals surface area contributed by atoms with Crippen molar-refractivity contribution in [3.63, 3.8) is 0 Å². The maximum absolute atomic E-state index is 7.70. The van der Waals surface area contributed by atoms with Gasteiger partial charge < -0.3 is 10.1 Å². The number of rotatable bonds is 1. The normalized spacial score (nSPS) is 45.7. The third-order valence-corrected chi connectivity index (χ3v) is 8.53. The summed E-state index contributed by atoms with van der Waals surface area (Å²) >= 11 is 2.07. The summed E-state index contributed by atoms with van der Waals surface area (Å²) in [5.41, 5.74) is 3.40. The number of aliphatic imine (C=N–C) groups is 1. The summed E-state index contributed by atoms with van der Waals surface area (Å²) in [4.78, 5) is 6.15. The fourth-order valence-corrected chi connectivity index (χ4v) is 6.93. The number of allylic oxidation sites excluding steroid dienone is 1. The Morgan fingerprint density at radius 1 is 1.24 bits per heavy atom. The molecule has 1 aliphatic carbocycles. The van der Waals surface area contributed by atoms with Gasteiger partial charge in [-0.25, -0.2) is 0 Å². The lowest BCUT2D eigenvalue weighted by Gasteiger charge is -2.33. The van der Waals surface area contributed by atoms with Crippen molar-refractivity contribution in [1.29, 1.82) is 0 Å². The Morgan fingerprint density at radius 3 is 3.04 bits per heavy atom. The Bertz CT molecular complexity index is 772. The minimum absolute atomic E-state index is 0.281. The Morgan fingerprint density at radius 2 is 2.16 bits per heavy atom. The average Bonchev–Trinajstić information content (AvgIpc) is 3.17. The Labute approximate surface area is 160 Å². The molecule has 1 N–H and O–H groups in total. The minimum Gasteiger partial charge on any atom is -0.472 e. The van der Waals surface area contributed by atoms with Gasteiger partial charge in [0.2, 0.25) is 0 Å². The molecule has 4 heteroatoms. The highest BCUT2D eigenvalue weighted by Crippen LogP contribution is 2.51. The van der Waals surface area contributed by atoms with Gasteiger partial charge in [0, 0.05) is 39.5 Å². The van der Waals surface area contributed by atoms with Crippen molar-refractivity contribution < 1.29 is 8.85 Å². The lowest BCUT2D eigenvalue weighted by atomic mass is 9.76. The summed E-state index contributed by atoms with van der Waals surface area (Å²) in [5, 5.41) is 4.48. The number of nitrogens with zero attached hydrogens (tertiary/aromatic N) is 1. The van der Waals surface area contributed by atoms with Crippen LogP contribution in [-0.2, 0) is 4.74 Å². The van der Waals surface area contributed by atoms with Crippen LogP contribution in [0.3, 0.4) is 0 Å². The summed E-state index contributed by atoms with van der Waals surface area (Å²) in [7, 11) is 0. The van der Waals surface area contributed by atoms with E-state index in [9.17, 15) is 0 Å². The zero-order chi connectivity index (χ0) is 19.6. The second-order valence-electron chi connectivity index (χ2n) is 8.37. The van der Waals surface area contributed by atoms with Crippen molar-refractivity contribution in [2.24, 2.45) is 22.7 Å². The van der Waals surface area contributed by atoms with Crippen LogP contribution in [0.5, 0.6) is 0 Å². The van der Waals surface area contributed by atoms with Crippen molar-refractivity contribution >= 4 is 17.5 Å². The van der Waals surface area contributed by atoms with E-state index in [4.69, 9.17) is 8.85 Å². The van der Waals surface area contributed by atoms with Gasteiger partial charge in [-0.15, -0.1) is 11.8 Å². The van der Waals surface area contributed by atoms with Crippen LogP contribution in [0.1, 0.15) is 63.3 Å². The van der Waals surface area contributed by atoms with Crippen molar-refractivity contribution in [1.82, 2.24) is 5.32 Å². The van der Waals surface area contributed by atoms with E-state index in [1.54, 1.807) is 10.5 Å². The van der Waals surface area contributed by atoms with Crippen LogP contribution in [0.15, 0.2) is 26.8 Å². The molecular weight excluding hydrogens is 328 g/mol. The molecule has 4 aliphatic heterocycles. The van der Waals surface area contributed by atoms with E-state index < -0.39 is 6.85 Å². The largest absolute Gasteiger partial charge is 0.472 e. The predicted octanol–water partition coefficient (Wildman–Crippen LogP) is 4.66. The first kappa shape index (κ1) is 13.4. The first-order valence-electron chi connectivity index (χ1n) is 11.4. The molecule has 3 nitrogen and oxygen atoms in total. The van der Waals surface area contributed by atoms with Gasteiger partial charge >= 0.3 is 0 Å². The molecule has 0 aromatic carbocycles. The molecule has 4 heterocycles. The van der Waals surface area contributed by atoms with Gasteiger partial charge in [0.1, 0.15) is 5.76 Å². The lowest BCUT2D eigenvalue weighted by molar-refractivity contribution is 0.128. The van der Waals surface area contributed by atoms with Crippen LogP contribution in [0.2, 0.25) is 0 Å². The Balaban J connectivity index is 1.41. The summed E-state index contributed by atoms with van der Waals surface area (Å²) in [5.74, 6) is 2.61. The van der Waals surface area contributed by atoms with E-state index in [2.05, 4.69) is 35.9 Å². The fourth-order valence-electron chi connectivity index (χ4n) is 5.44. The predicted molar refractivity (Wildman–Crippen MR) is 105 cm³/mol. The molecule has 136 valence electrons. The highest BCUT2D eigenvalue weighted by atomic mass is 32.2. The molecule has 6 atom stereocenters. The molecule has 0 spiro atoms. The maximum atomic E-state index is 7.70. The summed E-state index contributed by atoms with van der Waals surface area (Å²) in [6.07, 6.45) is 5.74. The molecule has 0 bridgehead atoms. The standard InChI is InChI=1S/C21H30N2OS/c1-11-7-8-15-14-5-4-6-16(20(14)24-21(15)23-11)18-9-19-17(10-22-18)12(2)13(3)25-19/h12-15,18,21-22H,4-10H2,1-3H3/t12-,13+,14?,15?,18-,21?/m1/s1/i1D3. The van der Waals surface area contributed by atoms with E-state index in [-0.39, 0.29) is 6.23 Å². The highest BCUT2D eigenvalue weighted by Gasteiger charge is 2.46. The van der Waals surface area contributed by atoms with Crippen LogP contribution < -0.4 is 5.32 Å². The molecule has 25 heavy (non-hydrogen) atoms. The number of thioether (sulfide) groups is 1. The zero-order valence-corrected chi connectivity index (χ0v) is 16.0. The van der Waals surface area contributed by atoms with Gasteiger partial charge in [0.05, 0.1) is 0 Å². The quantitative estimate of drug-likeness (QED) is 0.738. The van der Waals surface area contributed by atoms with E-state index in [0.29, 0.717) is 41.2 Å². The van der Waals surface area contributed by atoms with Crippen LogP contribution in [0.4, 0.5) is 0 Å². The molecule has 5 rings (SSSR count). The maximum Gasteiger partial charge on any atom is 0.192 e. The number of hydrogen-bond donors (Lipinski definition) is 1. The molecule has 1 saturated heterocycles. The van der Waals surface area contributed by atoms with E-state index in [1.807, 2.05) is 0 Å². The SMILES string of the molecule is [2H]C([2H])([2H])C1=NC2OC3=C([C@H]4CC5=C(CN4)[C@H](C)[C@H](C)S5)CCCC3C2CC1. The number of nitrogens with one attached hydrogen (secondary N) is 1. The first-order valence-corrected chi connectivity index (χ1v) is 10.8. The van der Waals surface area contributed by atoms with Crippen LogP contribution >= 0.6 is 11.8 Å². The van der Waals surface area contributed by atoms with Crippen LogP contribution in [0.25, 0.3) is 0 Å². The van der Waals surface area contributed by atoms with Gasteiger partial charge in [-0.1, -0.05) is 13.8 Å². The van der Waals surface area contributed by atoms with Crippen LogP contribution in [0, 0.1) is 17.8 Å². The average molecular weight is 362 g/mol. The van der Waals surface area contributed by atoms with Crippen molar-refractivity contribution in [2.45, 2.75) is 76.7 Å². The Kier molecular flexibility index (Phi) is 3.31. The highest BCUT2D eigenvalue weighted by molar-refractivity contribution is 8.03. The zero-order valence-electron chi connectivity index (χ0n) is 18.2. The van der Waals surface area contributed by atoms with Gasteiger partial charge in [0.15, 0.2) is 6.23 Å². The molecular formula is C21H30N2OS. The number of ether oxygens (including phenoxy) is 1. The topological polar surface area (TPSA) is 33.6 Å². The molecule has 0 aromatic heterocycles. The summed E-state index contributed by atoms with van der Waals surface area (Å²) < 4.78 is 29.5. The van der Waals surface area contributed by atoms with Crippen LogP contribution in [-0.4, -0.2) is 29.8 Å². The molecule has 0 amide bonds. The molecule has 0 saturated carbocycles. The third-order valence-electron chi connectivity index (χ3n) is 7.03. The lowest BCUT2D eigenvalue weighted by Crippen LogP contribution is -2.39.